The number of aromatic nitrogens is 2. The summed E-state index contributed by atoms with van der Waals surface area (Å²) in [5.74, 6) is 0.668. The molecule has 3 aromatic carbocycles. The van der Waals surface area contributed by atoms with Crippen LogP contribution in [0.25, 0.3) is 34.0 Å². The molecule has 0 unspecified atom stereocenters. The lowest BCUT2D eigenvalue weighted by Gasteiger charge is -2.16. The zero-order chi connectivity index (χ0) is 20.6. The summed E-state index contributed by atoms with van der Waals surface area (Å²) in [5, 5.41) is 9.58. The van der Waals surface area contributed by atoms with Crippen LogP contribution in [0, 0.1) is 13.8 Å². The third kappa shape index (κ3) is 3.57. The Morgan fingerprint density at radius 2 is 1.48 bits per heavy atom. The summed E-state index contributed by atoms with van der Waals surface area (Å²) < 4.78 is 30.0. The molecule has 1 aromatic heterocycles. The molecule has 4 aromatic rings. The predicted octanol–water partition coefficient (Wildman–Crippen LogP) is 4.33. The molecular formula is C22H19N3O3S. The average molecular weight is 405 g/mol. The molecule has 0 fully saturated rings. The van der Waals surface area contributed by atoms with Gasteiger partial charge in [-0.1, -0.05) is 65.8 Å². The van der Waals surface area contributed by atoms with Gasteiger partial charge in [-0.15, -0.1) is 0 Å². The number of rotatable bonds is 4. The van der Waals surface area contributed by atoms with E-state index in [1.54, 1.807) is 19.9 Å². The van der Waals surface area contributed by atoms with Gasteiger partial charge in [0.05, 0.1) is 10.5 Å². The zero-order valence-corrected chi connectivity index (χ0v) is 16.8. The maximum absolute atomic E-state index is 12.2. The maximum atomic E-state index is 12.2. The van der Waals surface area contributed by atoms with E-state index in [1.165, 1.54) is 0 Å². The van der Waals surface area contributed by atoms with Crippen molar-refractivity contribution >= 4 is 10.0 Å². The summed E-state index contributed by atoms with van der Waals surface area (Å²) in [6.45, 7) is 3.44. The van der Waals surface area contributed by atoms with Crippen molar-refractivity contribution in [3.8, 4) is 34.0 Å². The molecular weight excluding hydrogens is 386 g/mol. The van der Waals surface area contributed by atoms with Crippen molar-refractivity contribution in [3.63, 3.8) is 0 Å². The lowest BCUT2D eigenvalue weighted by atomic mass is 9.93. The molecule has 0 aliphatic carbocycles. The number of nitrogens with zero attached hydrogens (tertiary/aromatic N) is 2. The fourth-order valence-corrected chi connectivity index (χ4v) is 4.59. The first-order valence-corrected chi connectivity index (χ1v) is 10.5. The predicted molar refractivity (Wildman–Crippen MR) is 111 cm³/mol. The molecule has 29 heavy (non-hydrogen) atoms. The lowest BCUT2D eigenvalue weighted by molar-refractivity contribution is 0.432. The van der Waals surface area contributed by atoms with E-state index >= 15 is 0 Å². The number of hydrogen-bond acceptors (Lipinski definition) is 5. The van der Waals surface area contributed by atoms with Gasteiger partial charge in [0.2, 0.25) is 15.8 Å². The van der Waals surface area contributed by atoms with E-state index in [-0.39, 0.29) is 10.8 Å². The SMILES string of the molecule is Cc1cc(-c2ccccc2)c(-c2nc(-c3ccccc3)no2)c(C)c1S(N)(=O)=O. The van der Waals surface area contributed by atoms with Crippen molar-refractivity contribution in [2.75, 3.05) is 0 Å². The molecule has 0 aliphatic heterocycles. The van der Waals surface area contributed by atoms with Crippen molar-refractivity contribution in [1.82, 2.24) is 10.1 Å². The smallest absolute Gasteiger partial charge is 0.259 e. The second-order valence-corrected chi connectivity index (χ2v) is 8.27. The Labute approximate surface area is 169 Å². The zero-order valence-electron chi connectivity index (χ0n) is 16.0. The van der Waals surface area contributed by atoms with Gasteiger partial charge in [-0.05, 0) is 42.2 Å². The number of hydrogen-bond donors (Lipinski definition) is 1. The molecule has 0 bridgehead atoms. The molecule has 2 N–H and O–H groups in total. The summed E-state index contributed by atoms with van der Waals surface area (Å²) in [6, 6.07) is 20.9. The van der Waals surface area contributed by atoms with E-state index < -0.39 is 10.0 Å². The Kier molecular flexibility index (Phi) is 4.77. The van der Waals surface area contributed by atoms with E-state index in [1.807, 2.05) is 60.7 Å². The number of sulfonamides is 1. The molecule has 0 saturated carbocycles. The van der Waals surface area contributed by atoms with Crippen LogP contribution in [0.5, 0.6) is 0 Å². The second kappa shape index (κ2) is 7.27. The van der Waals surface area contributed by atoms with Gasteiger partial charge in [0.1, 0.15) is 0 Å². The summed E-state index contributed by atoms with van der Waals surface area (Å²) in [6.07, 6.45) is 0. The van der Waals surface area contributed by atoms with E-state index in [0.29, 0.717) is 22.5 Å². The van der Waals surface area contributed by atoms with Gasteiger partial charge < -0.3 is 4.52 Å². The van der Waals surface area contributed by atoms with Gasteiger partial charge in [0.25, 0.3) is 5.89 Å². The van der Waals surface area contributed by atoms with Crippen molar-refractivity contribution in [1.29, 1.82) is 0 Å². The van der Waals surface area contributed by atoms with Crippen LogP contribution in [0.2, 0.25) is 0 Å². The van der Waals surface area contributed by atoms with Crippen LogP contribution < -0.4 is 5.14 Å². The third-order valence-electron chi connectivity index (χ3n) is 4.75. The van der Waals surface area contributed by atoms with Crippen LogP contribution in [0.1, 0.15) is 11.1 Å². The standard InChI is InChI=1S/C22H19N3O3S/c1-14-13-18(16-9-5-3-6-10-16)19(15(2)20(14)29(23,26)27)22-24-21(25-28-22)17-11-7-4-8-12-17/h3-13H,1-2H3,(H2,23,26,27). The minimum atomic E-state index is -3.93. The Hall–Kier alpha value is -3.29. The normalized spacial score (nSPS) is 11.6. The van der Waals surface area contributed by atoms with Gasteiger partial charge in [-0.3, -0.25) is 0 Å². The van der Waals surface area contributed by atoms with Crippen molar-refractivity contribution in [2.24, 2.45) is 5.14 Å². The molecule has 0 spiro atoms. The average Bonchev–Trinajstić information content (AvgIpc) is 3.17. The molecule has 146 valence electrons. The lowest BCUT2D eigenvalue weighted by Crippen LogP contribution is -2.16. The fraction of sp³-hybridized carbons (Fsp3) is 0.0909. The van der Waals surface area contributed by atoms with Crippen molar-refractivity contribution in [2.45, 2.75) is 18.7 Å². The number of primary sulfonamides is 1. The second-order valence-electron chi connectivity index (χ2n) is 6.77. The number of nitrogens with two attached hydrogens (primary N) is 1. The van der Waals surface area contributed by atoms with Crippen LogP contribution >= 0.6 is 0 Å². The minimum Gasteiger partial charge on any atom is -0.334 e. The number of benzene rings is 3. The summed E-state index contributed by atoms with van der Waals surface area (Å²) >= 11 is 0. The van der Waals surface area contributed by atoms with Crippen LogP contribution in [0.15, 0.2) is 76.1 Å². The maximum Gasteiger partial charge on any atom is 0.259 e. The van der Waals surface area contributed by atoms with Crippen LogP contribution in [0.3, 0.4) is 0 Å². The highest BCUT2D eigenvalue weighted by molar-refractivity contribution is 7.89. The van der Waals surface area contributed by atoms with Crippen molar-refractivity contribution < 1.29 is 12.9 Å². The van der Waals surface area contributed by atoms with E-state index in [9.17, 15) is 8.42 Å². The molecule has 1 heterocycles. The molecule has 0 radical (unpaired) electrons. The summed E-state index contributed by atoms with van der Waals surface area (Å²) in [4.78, 5) is 4.61. The first-order valence-electron chi connectivity index (χ1n) is 8.98. The Bertz CT molecular complexity index is 1280. The van der Waals surface area contributed by atoms with Gasteiger partial charge >= 0.3 is 0 Å². The van der Waals surface area contributed by atoms with E-state index in [0.717, 1.165) is 16.7 Å². The van der Waals surface area contributed by atoms with Gasteiger partial charge in [-0.2, -0.15) is 4.98 Å². The first-order chi connectivity index (χ1) is 13.9. The largest absolute Gasteiger partial charge is 0.334 e. The first kappa shape index (κ1) is 19.0. The molecule has 0 atom stereocenters. The molecule has 6 nitrogen and oxygen atoms in total. The minimum absolute atomic E-state index is 0.0756. The molecule has 7 heteroatoms. The number of aryl methyl sites for hydroxylation is 1. The van der Waals surface area contributed by atoms with Crippen LogP contribution in [0.4, 0.5) is 0 Å². The van der Waals surface area contributed by atoms with Gasteiger partial charge in [0.15, 0.2) is 0 Å². The summed E-state index contributed by atoms with van der Waals surface area (Å²) in [5.41, 5.74) is 4.12. The fourth-order valence-electron chi connectivity index (χ4n) is 3.55. The van der Waals surface area contributed by atoms with Gasteiger partial charge in [0, 0.05) is 5.56 Å². The highest BCUT2D eigenvalue weighted by Gasteiger charge is 2.25. The Morgan fingerprint density at radius 1 is 0.897 bits per heavy atom. The summed E-state index contributed by atoms with van der Waals surface area (Å²) in [7, 11) is -3.93. The highest BCUT2D eigenvalue weighted by Crippen LogP contribution is 2.39. The quantitative estimate of drug-likeness (QED) is 0.545. The van der Waals surface area contributed by atoms with Crippen LogP contribution in [-0.2, 0) is 10.0 Å². The molecule has 0 aliphatic rings. The third-order valence-corrected chi connectivity index (χ3v) is 5.94. The van der Waals surface area contributed by atoms with Crippen molar-refractivity contribution in [3.05, 3.63) is 77.9 Å². The van der Waals surface area contributed by atoms with E-state index in [2.05, 4.69) is 10.1 Å². The molecule has 4 rings (SSSR count). The molecule has 0 amide bonds. The topological polar surface area (TPSA) is 99.1 Å². The van der Waals surface area contributed by atoms with Gasteiger partial charge in [-0.25, -0.2) is 13.6 Å². The Morgan fingerprint density at radius 3 is 2.07 bits per heavy atom. The van der Waals surface area contributed by atoms with E-state index in [4.69, 9.17) is 9.66 Å². The Balaban J connectivity index is 2.00. The van der Waals surface area contributed by atoms with Crippen LogP contribution in [-0.4, -0.2) is 18.6 Å². The molecule has 0 saturated heterocycles. The monoisotopic (exact) mass is 405 g/mol. The highest BCUT2D eigenvalue weighted by atomic mass is 32.2.